The van der Waals surface area contributed by atoms with Gasteiger partial charge >= 0.3 is 0 Å². The molecule has 0 aromatic rings. The second-order valence-electron chi connectivity index (χ2n) is 11.5. The summed E-state index contributed by atoms with van der Waals surface area (Å²) in [5, 5.41) is 9.58. The fraction of sp³-hybridized carbons (Fsp3) is 0.875. The Morgan fingerprint density at radius 2 is 1.42 bits per heavy atom. The van der Waals surface area contributed by atoms with Crippen molar-refractivity contribution in [2.24, 2.45) is 32.5 Å². The molecule has 2 fully saturated rings. The summed E-state index contributed by atoms with van der Waals surface area (Å²) in [5.41, 5.74) is 1.02. The maximum atomic E-state index is 13.8. The third kappa shape index (κ3) is 1.90. The zero-order chi connectivity index (χ0) is 19.8. The van der Waals surface area contributed by atoms with E-state index in [0.717, 1.165) is 18.4 Å². The molecule has 0 aromatic carbocycles. The average Bonchev–Trinajstić information content (AvgIpc) is 2.53. The highest BCUT2D eigenvalue weighted by Gasteiger charge is 2.75. The molecule has 148 valence electrons. The Morgan fingerprint density at radius 1 is 0.846 bits per heavy atom. The smallest absolute Gasteiger partial charge is 0.162 e. The van der Waals surface area contributed by atoms with Gasteiger partial charge in [-0.3, -0.25) is 4.79 Å². The molecule has 0 bridgehead atoms. The van der Waals surface area contributed by atoms with Gasteiger partial charge in [-0.15, -0.1) is 0 Å². The van der Waals surface area contributed by atoms with Crippen LogP contribution in [0.25, 0.3) is 0 Å². The number of hydrogen-bond donors (Lipinski definition) is 1. The summed E-state index contributed by atoms with van der Waals surface area (Å²) >= 11 is 0. The Kier molecular flexibility index (Phi) is 4.22. The van der Waals surface area contributed by atoms with Crippen molar-refractivity contribution in [3.05, 3.63) is 11.6 Å². The maximum Gasteiger partial charge on any atom is 0.162 e. The van der Waals surface area contributed by atoms with E-state index < -0.39 is 0 Å². The summed E-state index contributed by atoms with van der Waals surface area (Å²) in [6.45, 7) is 19.2. The standard InChI is InChI=1S/C24H40O2/c1-19(2)11-9-12-23(7)21(19,5)13-14-22(6)20(3,4)17(10-15-25)16-18(26)24(22,23)8/h16,25H,9-15H2,1-8H3/t21-,22?,23-,24-/m0/s1. The van der Waals surface area contributed by atoms with Crippen molar-refractivity contribution in [2.45, 2.75) is 93.9 Å². The predicted octanol–water partition coefficient (Wildman–Crippen LogP) is 5.93. The first-order valence-electron chi connectivity index (χ1n) is 10.6. The Bertz CT molecular complexity index is 657. The highest BCUT2D eigenvalue weighted by Crippen LogP contribution is 2.79. The van der Waals surface area contributed by atoms with Gasteiger partial charge in [0.25, 0.3) is 0 Å². The number of aliphatic hydroxyl groups excluding tert-OH is 1. The van der Waals surface area contributed by atoms with Gasteiger partial charge < -0.3 is 5.11 Å². The van der Waals surface area contributed by atoms with Crippen LogP contribution in [0.15, 0.2) is 11.6 Å². The quantitative estimate of drug-likeness (QED) is 0.662. The molecular formula is C24H40O2. The van der Waals surface area contributed by atoms with Gasteiger partial charge in [0.15, 0.2) is 5.78 Å². The highest BCUT2D eigenvalue weighted by atomic mass is 16.3. The van der Waals surface area contributed by atoms with Crippen molar-refractivity contribution >= 4 is 5.78 Å². The number of carbonyl (C=O) groups excluding carboxylic acids is 1. The van der Waals surface area contributed by atoms with E-state index in [1.165, 1.54) is 19.3 Å². The van der Waals surface area contributed by atoms with Gasteiger partial charge in [0.1, 0.15) is 0 Å². The first-order chi connectivity index (χ1) is 11.8. The molecule has 3 aliphatic rings. The lowest BCUT2D eigenvalue weighted by molar-refractivity contribution is -0.252. The summed E-state index contributed by atoms with van der Waals surface area (Å²) in [6, 6.07) is 0. The van der Waals surface area contributed by atoms with Crippen LogP contribution in [0.2, 0.25) is 0 Å². The van der Waals surface area contributed by atoms with Gasteiger partial charge in [-0.25, -0.2) is 0 Å². The molecule has 1 N–H and O–H groups in total. The minimum Gasteiger partial charge on any atom is -0.396 e. The van der Waals surface area contributed by atoms with E-state index in [0.29, 0.717) is 12.2 Å². The largest absolute Gasteiger partial charge is 0.396 e. The van der Waals surface area contributed by atoms with Gasteiger partial charge in [-0.05, 0) is 65.3 Å². The molecule has 4 atom stereocenters. The Morgan fingerprint density at radius 3 is 2.00 bits per heavy atom. The summed E-state index contributed by atoms with van der Waals surface area (Å²) in [6.07, 6.45) is 8.43. The van der Waals surface area contributed by atoms with Crippen LogP contribution in [0.3, 0.4) is 0 Å². The fourth-order valence-corrected chi connectivity index (χ4v) is 7.78. The molecule has 2 heteroatoms. The molecule has 0 saturated heterocycles. The van der Waals surface area contributed by atoms with E-state index in [2.05, 4.69) is 55.4 Å². The number of aliphatic hydroxyl groups is 1. The van der Waals surface area contributed by atoms with Gasteiger partial charge in [0.2, 0.25) is 0 Å². The van der Waals surface area contributed by atoms with Crippen LogP contribution in [-0.2, 0) is 4.79 Å². The molecule has 26 heavy (non-hydrogen) atoms. The normalized spacial score (nSPS) is 47.0. The van der Waals surface area contributed by atoms with E-state index in [4.69, 9.17) is 0 Å². The molecule has 1 unspecified atom stereocenters. The van der Waals surface area contributed by atoms with E-state index in [1.807, 2.05) is 6.08 Å². The van der Waals surface area contributed by atoms with E-state index in [1.54, 1.807) is 0 Å². The molecule has 0 amide bonds. The highest BCUT2D eigenvalue weighted by molar-refractivity contribution is 5.98. The Balaban J connectivity index is 2.27. The summed E-state index contributed by atoms with van der Waals surface area (Å²) in [4.78, 5) is 13.8. The van der Waals surface area contributed by atoms with Crippen molar-refractivity contribution in [3.63, 3.8) is 0 Å². The Labute approximate surface area is 160 Å². The minimum absolute atomic E-state index is 0.00958. The van der Waals surface area contributed by atoms with E-state index in [9.17, 15) is 9.90 Å². The zero-order valence-electron chi connectivity index (χ0n) is 18.4. The lowest BCUT2D eigenvalue weighted by atomic mass is 9.27. The maximum absolute atomic E-state index is 13.8. The number of ketones is 1. The van der Waals surface area contributed by atoms with Gasteiger partial charge in [-0.2, -0.15) is 0 Å². The van der Waals surface area contributed by atoms with Crippen molar-refractivity contribution in [3.8, 4) is 0 Å². The number of allylic oxidation sites excluding steroid dienone is 1. The monoisotopic (exact) mass is 360 g/mol. The predicted molar refractivity (Wildman–Crippen MR) is 108 cm³/mol. The number of carbonyl (C=O) groups is 1. The van der Waals surface area contributed by atoms with Crippen LogP contribution in [0.1, 0.15) is 93.9 Å². The third-order valence-corrected chi connectivity index (χ3v) is 10.9. The first-order valence-corrected chi connectivity index (χ1v) is 10.6. The van der Waals surface area contributed by atoms with Crippen LogP contribution >= 0.6 is 0 Å². The van der Waals surface area contributed by atoms with Crippen molar-refractivity contribution in [2.75, 3.05) is 6.61 Å². The molecule has 2 saturated carbocycles. The SMILES string of the molecule is CC1(C)C(CCO)=CC(=O)[C@@]2(C)C1(C)CC[C@@]1(C)C(C)(C)CCC[C@@]12C. The van der Waals surface area contributed by atoms with Crippen LogP contribution in [-0.4, -0.2) is 17.5 Å². The van der Waals surface area contributed by atoms with Gasteiger partial charge in [0, 0.05) is 12.0 Å². The van der Waals surface area contributed by atoms with Crippen LogP contribution < -0.4 is 0 Å². The summed E-state index contributed by atoms with van der Waals surface area (Å²) < 4.78 is 0. The lowest BCUT2D eigenvalue weighted by Gasteiger charge is -2.75. The Hall–Kier alpha value is -0.630. The van der Waals surface area contributed by atoms with Crippen molar-refractivity contribution in [1.29, 1.82) is 0 Å². The lowest BCUT2D eigenvalue weighted by Crippen LogP contribution is -2.72. The van der Waals surface area contributed by atoms with Crippen LogP contribution in [0.4, 0.5) is 0 Å². The van der Waals surface area contributed by atoms with Crippen LogP contribution in [0, 0.1) is 32.5 Å². The van der Waals surface area contributed by atoms with Crippen molar-refractivity contribution < 1.29 is 9.90 Å². The average molecular weight is 361 g/mol. The first kappa shape index (κ1) is 20.1. The zero-order valence-corrected chi connectivity index (χ0v) is 18.4. The molecule has 0 spiro atoms. The molecule has 3 aliphatic carbocycles. The molecule has 0 aliphatic heterocycles. The molecule has 0 radical (unpaired) electrons. The summed E-state index contributed by atoms with van der Waals surface area (Å²) in [7, 11) is 0. The topological polar surface area (TPSA) is 37.3 Å². The summed E-state index contributed by atoms with van der Waals surface area (Å²) in [5.74, 6) is 0.314. The van der Waals surface area contributed by atoms with Crippen LogP contribution in [0.5, 0.6) is 0 Å². The number of rotatable bonds is 2. The number of fused-ring (bicyclic) bond motifs is 3. The van der Waals surface area contributed by atoms with Crippen molar-refractivity contribution in [1.82, 2.24) is 0 Å². The second-order valence-corrected chi connectivity index (χ2v) is 11.5. The van der Waals surface area contributed by atoms with Gasteiger partial charge in [-0.1, -0.05) is 67.4 Å². The van der Waals surface area contributed by atoms with E-state index in [-0.39, 0.29) is 39.1 Å². The number of hydrogen-bond acceptors (Lipinski definition) is 2. The molecule has 0 heterocycles. The third-order valence-electron chi connectivity index (χ3n) is 10.9. The fourth-order valence-electron chi connectivity index (χ4n) is 7.78. The molecule has 2 nitrogen and oxygen atoms in total. The molecule has 0 aromatic heterocycles. The second kappa shape index (κ2) is 5.46. The minimum atomic E-state index is -0.368. The van der Waals surface area contributed by atoms with Gasteiger partial charge in [0.05, 0.1) is 0 Å². The van der Waals surface area contributed by atoms with E-state index >= 15 is 0 Å². The molecule has 3 rings (SSSR count). The molecular weight excluding hydrogens is 320 g/mol.